The molecular weight excluding hydrogens is 545 g/mol. The van der Waals surface area contributed by atoms with Gasteiger partial charge in [-0.3, -0.25) is 14.9 Å². The molecule has 1 aliphatic rings. The fourth-order valence-corrected chi connectivity index (χ4v) is 5.07. The number of aromatic nitrogens is 4. The number of hydrogen-bond acceptors (Lipinski definition) is 5. The second kappa shape index (κ2) is 12.8. The predicted molar refractivity (Wildman–Crippen MR) is 153 cm³/mol. The SMILES string of the molecule is O=C(Nc1nn[nH]n1)c1ccc(CN(C(=O)/C=C/c2cccc(C(F)(F)F)c2)c2ccc(C3CCCCC3)cc2)cc1. The molecule has 1 aliphatic carbocycles. The van der Waals surface area contributed by atoms with Crippen molar-refractivity contribution in [2.24, 2.45) is 0 Å². The van der Waals surface area contributed by atoms with Gasteiger partial charge in [0.1, 0.15) is 0 Å². The number of benzene rings is 3. The lowest BCUT2D eigenvalue weighted by atomic mass is 9.84. The van der Waals surface area contributed by atoms with Crippen molar-refractivity contribution in [3.05, 3.63) is 107 Å². The third-order valence-corrected chi connectivity index (χ3v) is 7.31. The number of nitrogens with zero attached hydrogens (tertiary/aromatic N) is 4. The molecule has 1 aromatic heterocycles. The summed E-state index contributed by atoms with van der Waals surface area (Å²) < 4.78 is 39.5. The van der Waals surface area contributed by atoms with Crippen LogP contribution in [-0.4, -0.2) is 32.4 Å². The number of carbonyl (C=O) groups excluding carboxylic acids is 2. The van der Waals surface area contributed by atoms with E-state index in [2.05, 4.69) is 25.9 Å². The van der Waals surface area contributed by atoms with E-state index in [9.17, 15) is 22.8 Å². The van der Waals surface area contributed by atoms with E-state index in [0.29, 0.717) is 17.2 Å². The molecule has 42 heavy (non-hydrogen) atoms. The van der Waals surface area contributed by atoms with Gasteiger partial charge < -0.3 is 4.90 Å². The van der Waals surface area contributed by atoms with E-state index in [4.69, 9.17) is 0 Å². The molecule has 1 fully saturated rings. The van der Waals surface area contributed by atoms with Gasteiger partial charge in [-0.2, -0.15) is 18.4 Å². The number of alkyl halides is 3. The lowest BCUT2D eigenvalue weighted by Gasteiger charge is -2.25. The summed E-state index contributed by atoms with van der Waals surface area (Å²) in [7, 11) is 0. The Morgan fingerprint density at radius 3 is 2.38 bits per heavy atom. The molecule has 0 spiro atoms. The molecule has 8 nitrogen and oxygen atoms in total. The van der Waals surface area contributed by atoms with Crippen molar-refractivity contribution in [1.29, 1.82) is 0 Å². The zero-order valence-electron chi connectivity index (χ0n) is 22.6. The van der Waals surface area contributed by atoms with Gasteiger partial charge in [0, 0.05) is 17.3 Å². The van der Waals surface area contributed by atoms with Crippen LogP contribution in [0.3, 0.4) is 0 Å². The van der Waals surface area contributed by atoms with Crippen molar-refractivity contribution >= 4 is 29.5 Å². The van der Waals surface area contributed by atoms with Crippen LogP contribution in [0.5, 0.6) is 0 Å². The van der Waals surface area contributed by atoms with Crippen molar-refractivity contribution in [1.82, 2.24) is 20.6 Å². The molecule has 2 amide bonds. The average Bonchev–Trinajstić information content (AvgIpc) is 3.52. The minimum Gasteiger partial charge on any atom is -0.304 e. The Hall–Kier alpha value is -4.80. The van der Waals surface area contributed by atoms with E-state index in [1.165, 1.54) is 49.1 Å². The maximum absolute atomic E-state index is 13.5. The summed E-state index contributed by atoms with van der Waals surface area (Å²) in [5.74, 6) is -0.260. The quantitative estimate of drug-likeness (QED) is 0.226. The zero-order chi connectivity index (χ0) is 29.5. The largest absolute Gasteiger partial charge is 0.416 e. The molecule has 1 saturated carbocycles. The normalized spacial score (nSPS) is 14.2. The van der Waals surface area contributed by atoms with E-state index in [1.54, 1.807) is 29.2 Å². The average molecular weight is 575 g/mol. The topological polar surface area (TPSA) is 104 Å². The van der Waals surface area contributed by atoms with Gasteiger partial charge in [-0.25, -0.2) is 0 Å². The third-order valence-electron chi connectivity index (χ3n) is 7.31. The van der Waals surface area contributed by atoms with E-state index < -0.39 is 23.6 Å². The lowest BCUT2D eigenvalue weighted by molar-refractivity contribution is -0.137. The Morgan fingerprint density at radius 1 is 0.976 bits per heavy atom. The maximum Gasteiger partial charge on any atom is 0.416 e. The molecule has 0 bridgehead atoms. The van der Waals surface area contributed by atoms with Crippen LogP contribution in [0.15, 0.2) is 78.9 Å². The standard InChI is InChI=1S/C31H29F3N6O2/c32-31(33,34)26-8-4-5-21(19-26)11-18-28(41)40(27-16-14-24(15-17-27)23-6-2-1-3-7-23)20-22-9-12-25(13-10-22)29(42)35-30-36-38-39-37-30/h4-5,8-19,23H,1-3,6-7,20H2,(H2,35,36,37,38,39,42)/b18-11+. The van der Waals surface area contributed by atoms with Crippen LogP contribution in [0, 0.1) is 0 Å². The monoisotopic (exact) mass is 574 g/mol. The zero-order valence-corrected chi connectivity index (χ0v) is 22.6. The third kappa shape index (κ3) is 7.28. The van der Waals surface area contributed by atoms with Crippen LogP contribution in [0.2, 0.25) is 0 Å². The van der Waals surface area contributed by atoms with Crippen LogP contribution >= 0.6 is 0 Å². The van der Waals surface area contributed by atoms with Gasteiger partial charge in [-0.05, 0) is 83.1 Å². The number of halogens is 3. The highest BCUT2D eigenvalue weighted by molar-refractivity contribution is 6.04. The van der Waals surface area contributed by atoms with Crippen LogP contribution < -0.4 is 10.2 Å². The van der Waals surface area contributed by atoms with Crippen molar-refractivity contribution in [2.45, 2.75) is 50.7 Å². The number of aromatic amines is 1. The van der Waals surface area contributed by atoms with Gasteiger partial charge in [0.05, 0.1) is 12.1 Å². The molecule has 0 unspecified atom stereocenters. The molecule has 0 saturated heterocycles. The van der Waals surface area contributed by atoms with Crippen LogP contribution in [0.25, 0.3) is 6.08 Å². The summed E-state index contributed by atoms with van der Waals surface area (Å²) >= 11 is 0. The summed E-state index contributed by atoms with van der Waals surface area (Å²) in [4.78, 5) is 27.5. The number of tetrazole rings is 1. The van der Waals surface area contributed by atoms with Gasteiger partial charge in [0.2, 0.25) is 0 Å². The highest BCUT2D eigenvalue weighted by atomic mass is 19.4. The number of anilines is 2. The Morgan fingerprint density at radius 2 is 1.71 bits per heavy atom. The molecule has 4 aromatic rings. The van der Waals surface area contributed by atoms with Crippen LogP contribution in [0.4, 0.5) is 24.8 Å². The van der Waals surface area contributed by atoms with E-state index >= 15 is 0 Å². The van der Waals surface area contributed by atoms with E-state index in [1.807, 2.05) is 24.3 Å². The number of amides is 2. The molecule has 3 aromatic carbocycles. The van der Waals surface area contributed by atoms with Crippen molar-refractivity contribution in [2.75, 3.05) is 10.2 Å². The molecule has 0 atom stereocenters. The Kier molecular flexibility index (Phi) is 8.75. The molecule has 0 aliphatic heterocycles. The predicted octanol–water partition coefficient (Wildman–Crippen LogP) is 6.77. The molecule has 2 N–H and O–H groups in total. The van der Waals surface area contributed by atoms with Gasteiger partial charge >= 0.3 is 6.18 Å². The van der Waals surface area contributed by atoms with Crippen molar-refractivity contribution < 1.29 is 22.8 Å². The van der Waals surface area contributed by atoms with Crippen LogP contribution in [-0.2, 0) is 17.5 Å². The summed E-state index contributed by atoms with van der Waals surface area (Å²) in [5.41, 5.74) is 2.50. The Balaban J connectivity index is 1.36. The van der Waals surface area contributed by atoms with E-state index in [-0.39, 0.29) is 18.1 Å². The first-order valence-electron chi connectivity index (χ1n) is 13.7. The van der Waals surface area contributed by atoms with Crippen molar-refractivity contribution in [3.8, 4) is 0 Å². The van der Waals surface area contributed by atoms with Crippen molar-refractivity contribution in [3.63, 3.8) is 0 Å². The van der Waals surface area contributed by atoms with Gasteiger partial charge in [0.15, 0.2) is 0 Å². The minimum atomic E-state index is -4.48. The maximum atomic E-state index is 13.5. The van der Waals surface area contributed by atoms with Crippen LogP contribution in [0.1, 0.15) is 70.6 Å². The first kappa shape index (κ1) is 28.7. The number of H-pyrrole nitrogens is 1. The summed E-state index contributed by atoms with van der Waals surface area (Å²) in [5, 5.41) is 15.6. The second-order valence-electron chi connectivity index (χ2n) is 10.2. The highest BCUT2D eigenvalue weighted by Gasteiger charge is 2.30. The molecule has 1 heterocycles. The molecular formula is C31H29F3N6O2. The number of rotatable bonds is 8. The van der Waals surface area contributed by atoms with Gasteiger partial charge in [-0.1, -0.05) is 60.8 Å². The molecule has 5 rings (SSSR count). The van der Waals surface area contributed by atoms with Gasteiger partial charge in [-0.15, -0.1) is 5.10 Å². The Labute approximate surface area is 240 Å². The molecule has 11 heteroatoms. The Bertz CT molecular complexity index is 1530. The highest BCUT2D eigenvalue weighted by Crippen LogP contribution is 2.34. The smallest absolute Gasteiger partial charge is 0.304 e. The fourth-order valence-electron chi connectivity index (χ4n) is 5.07. The molecule has 216 valence electrons. The summed E-state index contributed by atoms with van der Waals surface area (Å²) in [6.07, 6.45) is 4.15. The lowest BCUT2D eigenvalue weighted by Crippen LogP contribution is -2.28. The minimum absolute atomic E-state index is 0.0464. The molecule has 0 radical (unpaired) electrons. The van der Waals surface area contributed by atoms with Gasteiger partial charge in [0.25, 0.3) is 17.8 Å². The number of hydrogen-bond donors (Lipinski definition) is 2. The summed E-state index contributed by atoms with van der Waals surface area (Å²) in [6, 6.07) is 19.5. The van der Waals surface area contributed by atoms with E-state index in [0.717, 1.165) is 30.5 Å². The summed E-state index contributed by atoms with van der Waals surface area (Å²) in [6.45, 7) is 0.182. The number of nitrogens with one attached hydrogen (secondary N) is 2. The first-order chi connectivity index (χ1) is 20.3. The fraction of sp³-hybridized carbons (Fsp3) is 0.258. The second-order valence-corrected chi connectivity index (χ2v) is 10.2. The first-order valence-corrected chi connectivity index (χ1v) is 13.7. The number of carbonyl (C=O) groups is 2.